The van der Waals surface area contributed by atoms with Gasteiger partial charge in [-0.05, 0) is 44.4 Å². The lowest BCUT2D eigenvalue weighted by molar-refractivity contribution is 0.300. The molecule has 0 bridgehead atoms. The van der Waals surface area contributed by atoms with E-state index in [0.717, 1.165) is 5.69 Å². The molecule has 0 aliphatic carbocycles. The molecule has 124 valence electrons. The van der Waals surface area contributed by atoms with Crippen molar-refractivity contribution in [2.24, 2.45) is 0 Å². The summed E-state index contributed by atoms with van der Waals surface area (Å²) >= 11 is 4.48. The van der Waals surface area contributed by atoms with Crippen molar-refractivity contribution in [2.75, 3.05) is 10.4 Å². The van der Waals surface area contributed by atoms with Crippen molar-refractivity contribution in [3.8, 4) is 0 Å². The molecule has 0 saturated heterocycles. The number of amidine groups is 1. The lowest BCUT2D eigenvalue weighted by atomic mass is 10.3. The van der Waals surface area contributed by atoms with Crippen LogP contribution in [0.1, 0.15) is 11.4 Å². The number of anilines is 2. The van der Waals surface area contributed by atoms with Gasteiger partial charge >= 0.3 is 0 Å². The van der Waals surface area contributed by atoms with E-state index < -0.39 is 5.82 Å². The van der Waals surface area contributed by atoms with Gasteiger partial charge in [0.25, 0.3) is 0 Å². The Morgan fingerprint density at radius 1 is 1.46 bits per heavy atom. The summed E-state index contributed by atoms with van der Waals surface area (Å²) in [5.74, 6) is -0.670. The summed E-state index contributed by atoms with van der Waals surface area (Å²) in [6.07, 6.45) is 0. The van der Waals surface area contributed by atoms with Crippen molar-refractivity contribution >= 4 is 44.6 Å². The van der Waals surface area contributed by atoms with E-state index in [0.29, 0.717) is 11.6 Å². The van der Waals surface area contributed by atoms with Gasteiger partial charge in [0.15, 0.2) is 11.5 Å². The lowest BCUT2D eigenvalue weighted by Gasteiger charge is -2.16. The Bertz CT molecular complexity index is 856. The zero-order chi connectivity index (χ0) is 17.1. The Kier molecular flexibility index (Phi) is 4.83. The summed E-state index contributed by atoms with van der Waals surface area (Å²) in [6, 6.07) is 3.82. The van der Waals surface area contributed by atoms with E-state index in [9.17, 15) is 9.60 Å². The van der Waals surface area contributed by atoms with E-state index in [-0.39, 0.29) is 27.5 Å². The van der Waals surface area contributed by atoms with Gasteiger partial charge in [0, 0.05) is 5.38 Å². The Hall–Kier alpha value is -2.37. The summed E-state index contributed by atoms with van der Waals surface area (Å²) in [5.41, 5.74) is 2.68. The van der Waals surface area contributed by atoms with E-state index in [1.165, 1.54) is 29.5 Å². The number of rotatable bonds is 5. The fourth-order valence-corrected chi connectivity index (χ4v) is 2.73. The molecular weight excluding hydrogens is 403 g/mol. The van der Waals surface area contributed by atoms with Gasteiger partial charge in [-0.15, -0.1) is 11.3 Å². The zero-order valence-electron chi connectivity index (χ0n) is 11.9. The summed E-state index contributed by atoms with van der Waals surface area (Å²) in [6.45, 7) is 0.367. The number of aromatic nitrogens is 3. The van der Waals surface area contributed by atoms with Gasteiger partial charge in [-0.25, -0.2) is 19.1 Å². The van der Waals surface area contributed by atoms with Gasteiger partial charge in [-0.2, -0.15) is 0 Å². The number of nitrogens with zero attached hydrogens (tertiary/aromatic N) is 4. The van der Waals surface area contributed by atoms with E-state index in [2.05, 4.69) is 41.2 Å². The standard InChI is InChI=1S/C13H10BrFN6O2S/c14-9-3-8(1-2-10(9)15)21(22)12(16)11-13(20-23-19-11)17-4-7-5-24-6-18-7/h1-3,5-6,16,22H,4H2,(H,17,20). The van der Waals surface area contributed by atoms with Crippen LogP contribution >= 0.6 is 27.3 Å². The topological polar surface area (TPSA) is 111 Å². The van der Waals surface area contributed by atoms with Crippen molar-refractivity contribution in [1.29, 1.82) is 5.41 Å². The summed E-state index contributed by atoms with van der Waals surface area (Å²) in [5, 5.41) is 30.9. The summed E-state index contributed by atoms with van der Waals surface area (Å²) in [4.78, 5) is 4.11. The fraction of sp³-hybridized carbons (Fsp3) is 0.0769. The van der Waals surface area contributed by atoms with Crippen LogP contribution < -0.4 is 10.4 Å². The van der Waals surface area contributed by atoms with E-state index in [1.54, 1.807) is 5.51 Å². The smallest absolute Gasteiger partial charge is 0.202 e. The number of hydrogen-bond donors (Lipinski definition) is 3. The highest BCUT2D eigenvalue weighted by molar-refractivity contribution is 9.10. The molecule has 3 N–H and O–H groups in total. The average Bonchev–Trinajstić information content (AvgIpc) is 3.25. The van der Waals surface area contributed by atoms with Gasteiger partial charge in [0.1, 0.15) is 5.82 Å². The maximum atomic E-state index is 13.3. The highest BCUT2D eigenvalue weighted by Crippen LogP contribution is 2.24. The number of thiazole rings is 1. The molecule has 0 aliphatic heterocycles. The molecule has 2 aromatic heterocycles. The normalized spacial score (nSPS) is 10.6. The second-order valence-corrected chi connectivity index (χ2v) is 6.13. The van der Waals surface area contributed by atoms with Crippen molar-refractivity contribution < 1.29 is 14.2 Å². The first-order valence-electron chi connectivity index (χ1n) is 6.52. The predicted molar refractivity (Wildman–Crippen MR) is 88.9 cm³/mol. The number of hydroxylamine groups is 1. The highest BCUT2D eigenvalue weighted by atomic mass is 79.9. The minimum atomic E-state index is -0.479. The average molecular weight is 413 g/mol. The minimum Gasteiger partial charge on any atom is -0.360 e. The van der Waals surface area contributed by atoms with Crippen LogP contribution in [0.4, 0.5) is 15.9 Å². The van der Waals surface area contributed by atoms with Crippen LogP contribution in [0.25, 0.3) is 0 Å². The van der Waals surface area contributed by atoms with Crippen LogP contribution in [-0.2, 0) is 6.54 Å². The molecule has 2 heterocycles. The number of benzene rings is 1. The highest BCUT2D eigenvalue weighted by Gasteiger charge is 2.21. The van der Waals surface area contributed by atoms with Crippen LogP contribution in [0.2, 0.25) is 0 Å². The molecule has 0 saturated carbocycles. The third-order valence-corrected chi connectivity index (χ3v) is 4.24. The molecule has 0 radical (unpaired) electrons. The molecule has 3 rings (SSSR count). The van der Waals surface area contributed by atoms with E-state index in [4.69, 9.17) is 5.41 Å². The first-order chi connectivity index (χ1) is 11.6. The monoisotopic (exact) mass is 412 g/mol. The Morgan fingerprint density at radius 3 is 3.00 bits per heavy atom. The third kappa shape index (κ3) is 3.42. The minimum absolute atomic E-state index is 0.00757. The quantitative estimate of drug-likeness (QED) is 0.335. The second-order valence-electron chi connectivity index (χ2n) is 4.55. The van der Waals surface area contributed by atoms with Crippen molar-refractivity contribution in [3.63, 3.8) is 0 Å². The van der Waals surface area contributed by atoms with Crippen molar-refractivity contribution in [2.45, 2.75) is 6.54 Å². The van der Waals surface area contributed by atoms with E-state index >= 15 is 0 Å². The third-order valence-electron chi connectivity index (χ3n) is 2.99. The molecule has 0 spiro atoms. The molecule has 3 aromatic rings. The lowest BCUT2D eigenvalue weighted by Crippen LogP contribution is -2.28. The van der Waals surface area contributed by atoms with Gasteiger partial charge in [0.05, 0.1) is 27.9 Å². The number of hydrogen-bond acceptors (Lipinski definition) is 8. The molecule has 1 aromatic carbocycles. The molecule has 0 unspecified atom stereocenters. The summed E-state index contributed by atoms with van der Waals surface area (Å²) in [7, 11) is 0. The molecule has 11 heteroatoms. The van der Waals surface area contributed by atoms with Crippen LogP contribution in [-0.4, -0.2) is 26.3 Å². The number of nitrogens with one attached hydrogen (secondary N) is 2. The maximum absolute atomic E-state index is 13.3. The van der Waals surface area contributed by atoms with Crippen molar-refractivity contribution in [3.05, 3.63) is 50.8 Å². The molecule has 8 nitrogen and oxygen atoms in total. The van der Waals surface area contributed by atoms with Crippen LogP contribution in [0, 0.1) is 11.2 Å². The first kappa shape index (κ1) is 16.5. The Morgan fingerprint density at radius 2 is 2.29 bits per heavy atom. The molecule has 0 aliphatic rings. The largest absolute Gasteiger partial charge is 0.360 e. The zero-order valence-corrected chi connectivity index (χ0v) is 14.3. The van der Waals surface area contributed by atoms with Crippen LogP contribution in [0.15, 0.2) is 38.2 Å². The van der Waals surface area contributed by atoms with Gasteiger partial charge < -0.3 is 5.32 Å². The molecule has 0 atom stereocenters. The van der Waals surface area contributed by atoms with Crippen LogP contribution in [0.5, 0.6) is 0 Å². The molecular formula is C13H10BrFN6O2S. The van der Waals surface area contributed by atoms with Gasteiger partial charge in [0.2, 0.25) is 5.82 Å². The van der Waals surface area contributed by atoms with E-state index in [1.807, 2.05) is 5.38 Å². The SMILES string of the molecule is N=C(c1nonc1NCc1cscn1)N(O)c1ccc(F)c(Br)c1. The predicted octanol–water partition coefficient (Wildman–Crippen LogP) is 3.26. The fourth-order valence-electron chi connectivity index (χ4n) is 1.81. The first-order valence-corrected chi connectivity index (χ1v) is 8.26. The molecule has 0 fully saturated rings. The van der Waals surface area contributed by atoms with Gasteiger partial charge in [-0.1, -0.05) is 0 Å². The maximum Gasteiger partial charge on any atom is 0.202 e. The summed E-state index contributed by atoms with van der Waals surface area (Å²) < 4.78 is 18.1. The molecule has 24 heavy (non-hydrogen) atoms. The Balaban J connectivity index is 1.77. The Labute approximate surface area is 147 Å². The number of halogens is 2. The van der Waals surface area contributed by atoms with Crippen molar-refractivity contribution in [1.82, 2.24) is 15.3 Å². The van der Waals surface area contributed by atoms with Gasteiger partial charge in [-0.3, -0.25) is 10.6 Å². The second kappa shape index (κ2) is 7.03. The van der Waals surface area contributed by atoms with Crippen LogP contribution in [0.3, 0.4) is 0 Å². The molecule has 0 amide bonds.